The van der Waals surface area contributed by atoms with Gasteiger partial charge in [-0.15, -0.1) is 22.7 Å². The zero-order valence-electron chi connectivity index (χ0n) is 73.4. The molecule has 0 atom stereocenters. The number of Topliss-reactive ketones (excluding diaryl/α,β-unsaturated/α-hetero) is 2. The number of likely N-dealkylation sites (tertiary alicyclic amines) is 3. The number of ketones is 2. The zero-order chi connectivity index (χ0) is 92.2. The van der Waals surface area contributed by atoms with Gasteiger partial charge in [-0.1, -0.05) is 0 Å². The van der Waals surface area contributed by atoms with Gasteiger partial charge in [0, 0.05) is 125 Å². The number of hydrogen-bond acceptors (Lipinski definition) is 21. The maximum atomic E-state index is 13.4. The van der Waals surface area contributed by atoms with Crippen molar-refractivity contribution in [2.45, 2.75) is 80.1 Å². The van der Waals surface area contributed by atoms with E-state index < -0.39 is 19.1 Å². The van der Waals surface area contributed by atoms with Gasteiger partial charge in [0.25, 0.3) is 23.7 Å². The molecule has 3 amide bonds. The molecule has 0 unspecified atom stereocenters. The number of nitrogens with one attached hydrogen (secondary N) is 3. The van der Waals surface area contributed by atoms with Crippen molar-refractivity contribution in [3.8, 4) is 17.1 Å². The van der Waals surface area contributed by atoms with Crippen LogP contribution in [0.4, 0.5) is 39.0 Å². The van der Waals surface area contributed by atoms with Gasteiger partial charge in [-0.25, -0.2) is 42.3 Å². The molecule has 17 rings (SSSR count). The molecule has 8 N–H and O–H groups in total. The molecule has 0 saturated carbocycles. The van der Waals surface area contributed by atoms with Crippen molar-refractivity contribution < 1.29 is 111 Å². The van der Waals surface area contributed by atoms with Gasteiger partial charge in [0.2, 0.25) is 0 Å². The Kier molecular flexibility index (Phi) is 38.0. The molecule has 4 aliphatic heterocycles. The fourth-order valence-corrected chi connectivity index (χ4v) is 15.8. The summed E-state index contributed by atoms with van der Waals surface area (Å²) in [5, 5.41) is 31.7. The monoisotopic (exact) mass is 1790 g/mol. The molecule has 27 nitrogen and oxygen atoms in total. The number of aromatic carboxylic acids is 1. The minimum Gasteiger partial charge on any atom is -0.553 e. The molecular formula is C92H103F5N15NaO12S2. The summed E-state index contributed by atoms with van der Waals surface area (Å²) >= 11 is 2.82. The molecule has 0 aliphatic carbocycles. The third-order valence-corrected chi connectivity index (χ3v) is 23.1. The number of benzene rings is 8. The molecule has 0 spiro atoms. The number of aryl methyl sites for hydroxylation is 3. The Bertz CT molecular complexity index is 5620. The standard InChI is InChI=1S/C27H26FN5O2S.C16H13FN2O.C15H11FN2O2.C14H13FN2O.C12H17N3OS.C5H12O3.C2H6O.CH3F.H2NO.Na/c1-17-30-23-12-19(2-7-24(23)33(17)22-5-3-21(28)4-6-22)26(34)32-14-20(15-32)18-8-10-31(11-9-18)27(35)25-13-29-16-36-25;1-10(20)12-3-8-16-15(9-12)18-11(2)19(16)14-6-4-13(17)5-7-14;1-9-17-13-8-10(15(19)20)2-7-14(13)18(9)12-5-3-11(16)4-6-12;1-9(18)10-2-7-14(13(16)8-10)17-12-5-3-11(15)4-6-12;16-12(11-14-3-6-17-11)15-4-1-9(2-5-15)10-7-13-8-10;1-5(6-2,7-3)8-4;1-2-3;2*1-2;/h2-7,12-13,16,18,20H,8-11,14-15H2,1H3;3-9H,1-2H3;2-8H,1H3,(H,19,20);2-8,17H,16H2,1H3;3,6,9-10,13H,1-2,4-5,7-8H2;1-4H3;3H,2H2,1H3;1H3;1-2H;/q;;;;;;;;-1;+1/i;;;;;;;1D;;. The number of ether oxygens (including phenoxy) is 3. The molecule has 0 radical (unpaired) electrons. The molecule has 5 aromatic heterocycles. The van der Waals surface area contributed by atoms with Gasteiger partial charge in [0.05, 0.1) is 70.3 Å². The average molecular weight is 1790 g/mol. The quantitative estimate of drug-likeness (QED) is 0.0131. The number of imidazole rings is 3. The summed E-state index contributed by atoms with van der Waals surface area (Å²) in [6, 6.07) is 45.5. The van der Waals surface area contributed by atoms with Gasteiger partial charge in [-0.2, -0.15) is 0 Å². The molecule has 9 heterocycles. The van der Waals surface area contributed by atoms with E-state index in [1.165, 1.54) is 132 Å². The van der Waals surface area contributed by atoms with Crippen LogP contribution in [0.25, 0.3) is 56.1 Å². The van der Waals surface area contributed by atoms with Crippen molar-refractivity contribution in [1.82, 2.24) is 58.6 Å². The number of hydrogen-bond donors (Lipinski definition) is 6. The molecule has 4 saturated heterocycles. The van der Waals surface area contributed by atoms with Crippen LogP contribution in [0, 0.1) is 67.7 Å². The topological polar surface area (TPSA) is 354 Å². The van der Waals surface area contributed by atoms with E-state index in [0.29, 0.717) is 61.1 Å². The molecule has 13 aromatic rings. The van der Waals surface area contributed by atoms with Crippen molar-refractivity contribution in [1.29, 1.82) is 0 Å². The Morgan fingerprint density at radius 1 is 0.559 bits per heavy atom. The van der Waals surface area contributed by atoms with Gasteiger partial charge < -0.3 is 66.6 Å². The first-order valence-corrected chi connectivity index (χ1v) is 41.9. The van der Waals surface area contributed by atoms with Crippen LogP contribution in [-0.2, 0) is 14.2 Å². The Morgan fingerprint density at radius 2 is 0.945 bits per heavy atom. The molecule has 0 bridgehead atoms. The SMILES string of the molecule is CC(=O)c1ccc(Nc2ccc(F)cc2)c(N)c1.CC(=O)c1ccc2c(c1)nc(C)n2-c1ccc(F)cc1.CCO.COC(C)(OC)OC.Cc1nc2cc(C(=O)N3CC(C4CCN(C(=O)c5cncs5)CC4)C3)ccc2n1-c1ccc(F)cc1.Cc1nc2cc(C(=O)O)ccc2n1-c1ccc(F)cc1.O=C(c1nccs1)N1CCC(C2CNC2)CC1.[2H]CF.[NH-]O.[Na+]. The summed E-state index contributed by atoms with van der Waals surface area (Å²) in [6.45, 7) is 19.4. The first-order valence-electron chi connectivity index (χ1n) is 40.9. The number of rotatable bonds is 16. The van der Waals surface area contributed by atoms with E-state index in [0.717, 1.165) is 139 Å². The van der Waals surface area contributed by atoms with Crippen LogP contribution in [0.3, 0.4) is 0 Å². The van der Waals surface area contributed by atoms with E-state index in [4.69, 9.17) is 42.6 Å². The van der Waals surface area contributed by atoms with Crippen LogP contribution in [0.15, 0.2) is 193 Å². The van der Waals surface area contributed by atoms with Crippen molar-refractivity contribution in [2.75, 3.05) is 98.5 Å². The summed E-state index contributed by atoms with van der Waals surface area (Å²) in [6.07, 6.45) is 7.60. The number of alkyl halides is 1. The number of carbonyl (C=O) groups excluding carboxylic acids is 5. The number of nitrogen functional groups attached to an aromatic ring is 1. The largest absolute Gasteiger partial charge is 1.00 e. The summed E-state index contributed by atoms with van der Waals surface area (Å²) in [4.78, 5) is 99.4. The Hall–Kier alpha value is -11.4. The number of amides is 3. The number of thiazole rings is 2. The minimum absolute atomic E-state index is 0. The normalized spacial score (nSPS) is 13.8. The zero-order valence-corrected chi connectivity index (χ0v) is 76.0. The molecule has 666 valence electrons. The number of methoxy groups -OCH3 is 3. The summed E-state index contributed by atoms with van der Waals surface area (Å²) in [5.41, 5.74) is 18.6. The molecule has 127 heavy (non-hydrogen) atoms. The second-order valence-corrected chi connectivity index (χ2v) is 31.3. The number of aliphatic hydroxyl groups excluding tert-OH is 1. The number of halogens is 5. The van der Waals surface area contributed by atoms with Crippen LogP contribution >= 0.6 is 22.7 Å². The van der Waals surface area contributed by atoms with Crippen molar-refractivity contribution >= 4 is 108 Å². The van der Waals surface area contributed by atoms with Crippen molar-refractivity contribution in [3.05, 3.63) is 272 Å². The summed E-state index contributed by atoms with van der Waals surface area (Å²) < 4.78 is 87.8. The van der Waals surface area contributed by atoms with Gasteiger partial charge in [-0.05, 0) is 274 Å². The number of nitrogens with zero attached hydrogens (tertiary/aromatic N) is 11. The first kappa shape index (κ1) is 99.4. The third-order valence-electron chi connectivity index (χ3n) is 21.6. The third kappa shape index (κ3) is 26.6. The predicted molar refractivity (Wildman–Crippen MR) is 477 cm³/mol. The van der Waals surface area contributed by atoms with E-state index >= 15 is 0 Å². The number of aromatic nitrogens is 8. The van der Waals surface area contributed by atoms with Crippen LogP contribution in [0.5, 0.6) is 0 Å². The molecule has 4 fully saturated rings. The van der Waals surface area contributed by atoms with Gasteiger partial charge in [0.15, 0.2) is 16.6 Å². The maximum absolute atomic E-state index is 13.4. The van der Waals surface area contributed by atoms with Gasteiger partial charge >= 0.3 is 35.5 Å². The van der Waals surface area contributed by atoms with E-state index in [2.05, 4.69) is 35.6 Å². The number of nitrogens with two attached hydrogens (primary N) is 1. The maximum Gasteiger partial charge on any atom is 1.00 e. The number of aliphatic hydroxyl groups is 1. The molecule has 8 aromatic carbocycles. The number of carboxylic acid groups (broad SMARTS) is 1. The fraction of sp³-hybridized carbons (Fsp3) is 0.315. The van der Waals surface area contributed by atoms with Crippen molar-refractivity contribution in [2.24, 2.45) is 23.7 Å². The smallest absolute Gasteiger partial charge is 0.553 e. The van der Waals surface area contributed by atoms with Crippen LogP contribution in [0.2, 0.25) is 0 Å². The number of carbonyl (C=O) groups is 6. The Balaban J connectivity index is 0.000000194. The Morgan fingerprint density at radius 3 is 1.31 bits per heavy atom. The van der Waals surface area contributed by atoms with Crippen LogP contribution in [-0.4, -0.2) is 197 Å². The van der Waals surface area contributed by atoms with E-state index in [-0.39, 0.29) is 94.3 Å². The van der Waals surface area contributed by atoms with E-state index in [1.54, 1.807) is 117 Å². The Labute approximate surface area is 764 Å². The van der Waals surface area contributed by atoms with Gasteiger partial charge in [-0.3, -0.25) is 47.0 Å². The molecule has 4 aliphatic rings. The second-order valence-electron chi connectivity index (χ2n) is 29.5. The fourth-order valence-electron chi connectivity index (χ4n) is 14.6. The van der Waals surface area contributed by atoms with Crippen molar-refractivity contribution in [3.63, 3.8) is 0 Å². The van der Waals surface area contributed by atoms with Crippen LogP contribution < -0.4 is 45.9 Å². The second kappa shape index (κ2) is 48.5. The van der Waals surface area contributed by atoms with E-state index in [1.807, 2.05) is 78.8 Å². The summed E-state index contributed by atoms with van der Waals surface area (Å²) in [5.74, 6) is 6.94. The minimum atomic E-state index is -1.00. The number of anilines is 3. The predicted octanol–water partition coefficient (Wildman–Crippen LogP) is 14.6. The molecular weight excluding hydrogens is 1690 g/mol. The summed E-state index contributed by atoms with van der Waals surface area (Å²) in [7, 11) is 3.56. The first-order chi connectivity index (χ1) is 61.0. The molecule has 35 heteroatoms. The van der Waals surface area contributed by atoms with Crippen LogP contribution in [0.1, 0.15) is 133 Å². The number of carboxylic acids is 1. The number of fused-ring (bicyclic) bond motifs is 3. The number of piperidine rings is 2. The van der Waals surface area contributed by atoms with E-state index in [9.17, 15) is 50.7 Å². The van der Waals surface area contributed by atoms with Gasteiger partial charge in [0.1, 0.15) is 45.6 Å². The average Bonchev–Trinajstić information content (AvgIpc) is 1.61.